The summed E-state index contributed by atoms with van der Waals surface area (Å²) in [6.45, 7) is 2.57. The van der Waals surface area contributed by atoms with Gasteiger partial charge in [-0.05, 0) is 47.9 Å². The Morgan fingerprint density at radius 3 is 2.12 bits per heavy atom. The number of likely N-dealkylation sites (tertiary alicyclic amines) is 1. The van der Waals surface area contributed by atoms with Crippen molar-refractivity contribution >= 4 is 40.8 Å². The van der Waals surface area contributed by atoms with Crippen molar-refractivity contribution in [3.8, 4) is 11.1 Å². The molecule has 0 saturated carbocycles. The molecule has 0 unspecified atom stereocenters. The predicted octanol–water partition coefficient (Wildman–Crippen LogP) is 5.01. The Kier molecular flexibility index (Phi) is 11.1. The van der Waals surface area contributed by atoms with Crippen LogP contribution in [0.3, 0.4) is 0 Å². The van der Waals surface area contributed by atoms with Crippen LogP contribution < -0.4 is 10.6 Å². The third-order valence-corrected chi connectivity index (χ3v) is 8.54. The lowest BCUT2D eigenvalue weighted by atomic mass is 9.98. The van der Waals surface area contributed by atoms with Crippen LogP contribution in [0.4, 0.5) is 11.4 Å². The van der Waals surface area contributed by atoms with Crippen molar-refractivity contribution in [2.24, 2.45) is 0 Å². The molecule has 0 bridgehead atoms. The summed E-state index contributed by atoms with van der Waals surface area (Å²) in [4.78, 5) is 48.7. The van der Waals surface area contributed by atoms with E-state index in [2.05, 4.69) is 20.6 Å². The third-order valence-electron chi connectivity index (χ3n) is 8.14. The summed E-state index contributed by atoms with van der Waals surface area (Å²) in [5, 5.41) is 16.1. The molecule has 48 heavy (non-hydrogen) atoms. The van der Waals surface area contributed by atoms with E-state index in [-0.39, 0.29) is 17.3 Å². The first kappa shape index (κ1) is 34.6. The molecule has 0 spiro atoms. The molecule has 13 heteroatoms. The molecule has 2 amide bonds. The molecule has 2 aromatic heterocycles. The SMILES string of the molecule is COC(=O)[C@@H]1C[C@@H](O)CN1Cc1ccc(C(=O)Nc2cccc(-c3cccc(NC(=O)c4ccc(C(OC)OC)cn4)c3C)c2Cl)nc1. The Hall–Kier alpha value is -4.72. The van der Waals surface area contributed by atoms with E-state index in [0.29, 0.717) is 47.0 Å². The summed E-state index contributed by atoms with van der Waals surface area (Å²) in [7, 11) is 4.36. The lowest BCUT2D eigenvalue weighted by molar-refractivity contribution is -0.146. The van der Waals surface area contributed by atoms with Crippen LogP contribution >= 0.6 is 11.6 Å². The van der Waals surface area contributed by atoms with Crippen LogP contribution in [0, 0.1) is 6.92 Å². The summed E-state index contributed by atoms with van der Waals surface area (Å²) >= 11 is 6.83. The van der Waals surface area contributed by atoms with Crippen molar-refractivity contribution < 1.29 is 33.7 Å². The summed E-state index contributed by atoms with van der Waals surface area (Å²) in [6.07, 6.45) is 2.19. The van der Waals surface area contributed by atoms with Gasteiger partial charge in [0.15, 0.2) is 6.29 Å². The highest BCUT2D eigenvalue weighted by molar-refractivity contribution is 6.36. The minimum atomic E-state index is -0.621. The highest BCUT2D eigenvalue weighted by Gasteiger charge is 2.36. The van der Waals surface area contributed by atoms with Crippen molar-refractivity contribution in [1.82, 2.24) is 14.9 Å². The average molecular weight is 674 g/mol. The normalized spacial score (nSPS) is 16.1. The van der Waals surface area contributed by atoms with Gasteiger partial charge in [-0.2, -0.15) is 0 Å². The second-order valence-electron chi connectivity index (χ2n) is 11.2. The molecule has 1 aliphatic heterocycles. The van der Waals surface area contributed by atoms with Gasteiger partial charge < -0.3 is 30.0 Å². The second-order valence-corrected chi connectivity index (χ2v) is 11.6. The molecule has 0 aliphatic carbocycles. The number of nitrogens with one attached hydrogen (secondary N) is 2. The number of ether oxygens (including phenoxy) is 3. The number of β-amino-alcohol motifs (C(OH)–C–C–N with tert-alkyl or cyclic N) is 1. The molecular weight excluding hydrogens is 638 g/mol. The fourth-order valence-corrected chi connectivity index (χ4v) is 5.92. The number of anilines is 2. The van der Waals surface area contributed by atoms with Crippen LogP contribution in [0.15, 0.2) is 73.1 Å². The molecule has 12 nitrogen and oxygen atoms in total. The van der Waals surface area contributed by atoms with E-state index < -0.39 is 30.3 Å². The minimum absolute atomic E-state index is 0.175. The first-order valence-electron chi connectivity index (χ1n) is 15.1. The zero-order valence-electron chi connectivity index (χ0n) is 26.9. The quantitative estimate of drug-likeness (QED) is 0.146. The Morgan fingerprint density at radius 1 is 0.896 bits per heavy atom. The molecular formula is C35H36ClN5O7. The standard InChI is InChI=1S/C35H36ClN5O7/c1-20-24(7-5-9-26(20)39-32(43)29-14-12-22(17-38-29)35(47-3)48-4)25-8-6-10-27(31(25)36)40-33(44)28-13-11-21(16-37-28)18-41-19-23(42)15-30(41)34(45)46-2/h5-14,16-17,23,30,35,42H,15,18-19H2,1-4H3,(H,39,43)(H,40,44)/t23-,30+/m1/s1. The lowest BCUT2D eigenvalue weighted by Gasteiger charge is -2.21. The van der Waals surface area contributed by atoms with E-state index in [0.717, 1.165) is 16.7 Å². The van der Waals surface area contributed by atoms with Crippen LogP contribution in [0.5, 0.6) is 0 Å². The van der Waals surface area contributed by atoms with Gasteiger partial charge in [-0.1, -0.05) is 48.0 Å². The van der Waals surface area contributed by atoms with E-state index >= 15 is 0 Å². The first-order valence-corrected chi connectivity index (χ1v) is 15.5. The van der Waals surface area contributed by atoms with Gasteiger partial charge in [0.1, 0.15) is 17.4 Å². The zero-order valence-corrected chi connectivity index (χ0v) is 27.7. The molecule has 3 N–H and O–H groups in total. The number of aliphatic hydroxyl groups is 1. The van der Waals surface area contributed by atoms with Gasteiger partial charge in [0, 0.05) is 62.9 Å². The minimum Gasteiger partial charge on any atom is -0.468 e. The maximum Gasteiger partial charge on any atom is 0.323 e. The Labute approximate surface area is 283 Å². The van der Waals surface area contributed by atoms with E-state index in [9.17, 15) is 19.5 Å². The molecule has 2 atom stereocenters. The number of carbonyl (C=O) groups is 3. The monoisotopic (exact) mass is 673 g/mol. The van der Waals surface area contributed by atoms with Crippen molar-refractivity contribution in [3.05, 3.63) is 106 Å². The van der Waals surface area contributed by atoms with E-state index in [4.69, 9.17) is 25.8 Å². The van der Waals surface area contributed by atoms with Crippen molar-refractivity contribution in [2.75, 3.05) is 38.5 Å². The smallest absolute Gasteiger partial charge is 0.323 e. The van der Waals surface area contributed by atoms with Gasteiger partial charge in [-0.15, -0.1) is 0 Å². The van der Waals surface area contributed by atoms with Crippen LogP contribution in [-0.2, 0) is 25.5 Å². The lowest BCUT2D eigenvalue weighted by Crippen LogP contribution is -2.36. The zero-order chi connectivity index (χ0) is 34.4. The number of esters is 1. The summed E-state index contributed by atoms with van der Waals surface area (Å²) in [5.74, 6) is -1.24. The Balaban J connectivity index is 1.28. The molecule has 5 rings (SSSR count). The Bertz CT molecular complexity index is 1780. The molecule has 1 fully saturated rings. The van der Waals surface area contributed by atoms with Crippen molar-refractivity contribution in [1.29, 1.82) is 0 Å². The fourth-order valence-electron chi connectivity index (χ4n) is 5.64. The summed E-state index contributed by atoms with van der Waals surface area (Å²) < 4.78 is 15.3. The molecule has 250 valence electrons. The highest BCUT2D eigenvalue weighted by atomic mass is 35.5. The number of amides is 2. The van der Waals surface area contributed by atoms with E-state index in [1.165, 1.54) is 27.5 Å². The number of hydrogen-bond acceptors (Lipinski definition) is 10. The number of carbonyl (C=O) groups excluding carboxylic acids is 3. The molecule has 1 aliphatic rings. The molecule has 2 aromatic carbocycles. The topological polar surface area (TPSA) is 152 Å². The third kappa shape index (κ3) is 7.70. The van der Waals surface area contributed by atoms with Gasteiger partial charge >= 0.3 is 5.97 Å². The summed E-state index contributed by atoms with van der Waals surface area (Å²) in [6, 6.07) is 16.9. The number of hydrogen-bond donors (Lipinski definition) is 3. The Morgan fingerprint density at radius 2 is 1.52 bits per heavy atom. The van der Waals surface area contributed by atoms with E-state index in [1.54, 1.807) is 54.7 Å². The van der Waals surface area contributed by atoms with Crippen molar-refractivity contribution in [3.63, 3.8) is 0 Å². The highest BCUT2D eigenvalue weighted by Crippen LogP contribution is 2.37. The summed E-state index contributed by atoms with van der Waals surface area (Å²) in [5.41, 5.74) is 5.00. The van der Waals surface area contributed by atoms with Crippen LogP contribution in [0.2, 0.25) is 5.02 Å². The number of benzene rings is 2. The van der Waals surface area contributed by atoms with E-state index in [1.807, 2.05) is 24.0 Å². The molecule has 1 saturated heterocycles. The van der Waals surface area contributed by atoms with Crippen LogP contribution in [0.25, 0.3) is 11.1 Å². The average Bonchev–Trinajstić information content (AvgIpc) is 3.47. The number of methoxy groups -OCH3 is 3. The van der Waals surface area contributed by atoms with Crippen LogP contribution in [0.1, 0.15) is 50.4 Å². The maximum absolute atomic E-state index is 13.2. The van der Waals surface area contributed by atoms with Gasteiger partial charge in [0.2, 0.25) is 0 Å². The predicted molar refractivity (Wildman–Crippen MR) is 180 cm³/mol. The van der Waals surface area contributed by atoms with Gasteiger partial charge in [-0.3, -0.25) is 29.3 Å². The van der Waals surface area contributed by atoms with Gasteiger partial charge in [0.05, 0.1) is 23.9 Å². The second kappa shape index (κ2) is 15.5. The number of halogens is 1. The van der Waals surface area contributed by atoms with Crippen LogP contribution in [-0.4, -0.2) is 77.8 Å². The number of pyridine rings is 2. The first-order chi connectivity index (χ1) is 23.1. The number of aliphatic hydroxyl groups excluding tert-OH is 1. The molecule has 0 radical (unpaired) electrons. The van der Waals surface area contributed by atoms with Crippen molar-refractivity contribution in [2.45, 2.75) is 38.3 Å². The van der Waals surface area contributed by atoms with Gasteiger partial charge in [0.25, 0.3) is 11.8 Å². The largest absolute Gasteiger partial charge is 0.468 e. The van der Waals surface area contributed by atoms with Gasteiger partial charge in [-0.25, -0.2) is 0 Å². The number of aromatic nitrogens is 2. The maximum atomic E-state index is 13.2. The molecule has 3 heterocycles. The number of rotatable bonds is 11. The molecule has 4 aromatic rings. The fraction of sp³-hybridized carbons (Fsp3) is 0.286. The number of nitrogens with zero attached hydrogens (tertiary/aromatic N) is 3.